The molecule has 0 atom stereocenters. The fourth-order valence-corrected chi connectivity index (χ4v) is 4.68. The highest BCUT2D eigenvalue weighted by atomic mass is 32.1. The van der Waals surface area contributed by atoms with E-state index in [4.69, 9.17) is 0 Å². The van der Waals surface area contributed by atoms with Crippen LogP contribution in [0.15, 0.2) is 48.5 Å². The number of fused-ring (bicyclic) bond motifs is 1. The van der Waals surface area contributed by atoms with Crippen molar-refractivity contribution in [2.24, 2.45) is 5.92 Å². The molecular formula is C22H26FN3S. The zero-order valence-corrected chi connectivity index (χ0v) is 16.4. The smallest absolute Gasteiger partial charge is 0.183 e. The van der Waals surface area contributed by atoms with Crippen LogP contribution in [0.1, 0.15) is 24.8 Å². The highest BCUT2D eigenvalue weighted by Crippen LogP contribution is 2.25. The molecule has 1 fully saturated rings. The monoisotopic (exact) mass is 383 g/mol. The first-order chi connectivity index (χ1) is 13.3. The van der Waals surface area contributed by atoms with E-state index >= 15 is 0 Å². The first-order valence-electron chi connectivity index (χ1n) is 9.82. The summed E-state index contributed by atoms with van der Waals surface area (Å²) in [5.41, 5.74) is 2.32. The molecule has 0 aliphatic carbocycles. The van der Waals surface area contributed by atoms with E-state index in [9.17, 15) is 4.39 Å². The molecular weight excluding hydrogens is 357 g/mol. The summed E-state index contributed by atoms with van der Waals surface area (Å²) in [6, 6.07) is 15.2. The van der Waals surface area contributed by atoms with Crippen molar-refractivity contribution < 1.29 is 4.39 Å². The van der Waals surface area contributed by atoms with E-state index in [-0.39, 0.29) is 5.82 Å². The van der Waals surface area contributed by atoms with Gasteiger partial charge in [-0.25, -0.2) is 9.37 Å². The molecule has 3 aromatic rings. The second-order valence-electron chi connectivity index (χ2n) is 7.36. The third-order valence-electron chi connectivity index (χ3n) is 5.46. The summed E-state index contributed by atoms with van der Waals surface area (Å²) in [5, 5.41) is 4.50. The number of aromatic nitrogens is 1. The average molecular weight is 384 g/mol. The van der Waals surface area contributed by atoms with Gasteiger partial charge in [0, 0.05) is 13.1 Å². The van der Waals surface area contributed by atoms with Crippen LogP contribution in [0.2, 0.25) is 0 Å². The molecule has 2 aromatic carbocycles. The lowest BCUT2D eigenvalue weighted by atomic mass is 9.90. The lowest BCUT2D eigenvalue weighted by Crippen LogP contribution is -2.36. The van der Waals surface area contributed by atoms with Crippen LogP contribution in [0.5, 0.6) is 0 Å². The van der Waals surface area contributed by atoms with Crippen molar-refractivity contribution in [3.63, 3.8) is 0 Å². The molecule has 0 amide bonds. The van der Waals surface area contributed by atoms with Crippen LogP contribution in [-0.4, -0.2) is 36.1 Å². The molecule has 142 valence electrons. The number of halogens is 1. The number of benzene rings is 2. The Morgan fingerprint density at radius 2 is 1.85 bits per heavy atom. The Bertz CT molecular complexity index is 820. The van der Waals surface area contributed by atoms with Crippen molar-refractivity contribution in [3.8, 4) is 0 Å². The third-order valence-corrected chi connectivity index (χ3v) is 6.45. The average Bonchev–Trinajstić information content (AvgIpc) is 3.11. The Morgan fingerprint density at radius 3 is 2.63 bits per heavy atom. The molecule has 1 N–H and O–H groups in total. The van der Waals surface area contributed by atoms with Crippen molar-refractivity contribution in [2.45, 2.75) is 25.7 Å². The molecule has 2 heterocycles. The Labute approximate surface area is 164 Å². The number of anilines is 1. The first kappa shape index (κ1) is 18.4. The number of likely N-dealkylation sites (tertiary alicyclic amines) is 1. The molecule has 5 heteroatoms. The number of hydrogen-bond acceptors (Lipinski definition) is 4. The molecule has 27 heavy (non-hydrogen) atoms. The molecule has 0 saturated carbocycles. The van der Waals surface area contributed by atoms with Crippen molar-refractivity contribution in [2.75, 3.05) is 31.5 Å². The van der Waals surface area contributed by atoms with Gasteiger partial charge in [-0.05, 0) is 74.5 Å². The maximum Gasteiger partial charge on any atom is 0.183 e. The van der Waals surface area contributed by atoms with Gasteiger partial charge in [0.1, 0.15) is 5.82 Å². The van der Waals surface area contributed by atoms with E-state index in [1.165, 1.54) is 42.6 Å². The largest absolute Gasteiger partial charge is 0.360 e. The van der Waals surface area contributed by atoms with E-state index in [1.807, 2.05) is 18.2 Å². The number of para-hydroxylation sites is 1. The van der Waals surface area contributed by atoms with Crippen LogP contribution in [0.25, 0.3) is 10.2 Å². The van der Waals surface area contributed by atoms with Crippen molar-refractivity contribution in [1.29, 1.82) is 0 Å². The number of thiazole rings is 1. The minimum Gasteiger partial charge on any atom is -0.360 e. The maximum absolute atomic E-state index is 13.0. The van der Waals surface area contributed by atoms with Gasteiger partial charge in [-0.2, -0.15) is 0 Å². The summed E-state index contributed by atoms with van der Waals surface area (Å²) in [6.07, 6.45) is 4.80. The number of piperidine rings is 1. The zero-order chi connectivity index (χ0) is 18.5. The summed E-state index contributed by atoms with van der Waals surface area (Å²) in [5.74, 6) is 0.648. The van der Waals surface area contributed by atoms with Crippen LogP contribution in [-0.2, 0) is 6.42 Å². The van der Waals surface area contributed by atoms with E-state index in [2.05, 4.69) is 33.4 Å². The van der Waals surface area contributed by atoms with E-state index in [0.29, 0.717) is 0 Å². The predicted octanol–water partition coefficient (Wildman–Crippen LogP) is 5.19. The molecule has 3 nitrogen and oxygen atoms in total. The van der Waals surface area contributed by atoms with Crippen molar-refractivity contribution in [3.05, 3.63) is 59.9 Å². The predicted molar refractivity (Wildman–Crippen MR) is 112 cm³/mol. The van der Waals surface area contributed by atoms with Crippen LogP contribution in [0, 0.1) is 11.7 Å². The van der Waals surface area contributed by atoms with Gasteiger partial charge < -0.3 is 10.2 Å². The quantitative estimate of drug-likeness (QED) is 0.608. The Morgan fingerprint density at radius 1 is 1.07 bits per heavy atom. The molecule has 0 unspecified atom stereocenters. The standard InChI is InChI=1S/C22H26FN3S/c23-19-9-7-17(8-10-19)5-6-18-11-14-26(15-12-18)16-13-24-22-25-20-3-1-2-4-21(20)27-22/h1-4,7-10,18H,5-6,11-16H2,(H,24,25). The maximum atomic E-state index is 13.0. The second-order valence-corrected chi connectivity index (χ2v) is 8.39. The van der Waals surface area contributed by atoms with Gasteiger partial charge in [0.2, 0.25) is 0 Å². The van der Waals surface area contributed by atoms with Crippen LogP contribution >= 0.6 is 11.3 Å². The van der Waals surface area contributed by atoms with Crippen LogP contribution in [0.4, 0.5) is 9.52 Å². The highest BCUT2D eigenvalue weighted by Gasteiger charge is 2.18. The molecule has 1 saturated heterocycles. The van der Waals surface area contributed by atoms with Gasteiger partial charge in [-0.1, -0.05) is 35.6 Å². The third kappa shape index (κ3) is 5.05. The molecule has 1 aromatic heterocycles. The minimum atomic E-state index is -0.147. The van der Waals surface area contributed by atoms with Gasteiger partial charge in [-0.3, -0.25) is 0 Å². The van der Waals surface area contributed by atoms with Crippen molar-refractivity contribution in [1.82, 2.24) is 9.88 Å². The Hall–Kier alpha value is -1.98. The van der Waals surface area contributed by atoms with Crippen LogP contribution < -0.4 is 5.32 Å². The fraction of sp³-hybridized carbons (Fsp3) is 0.409. The summed E-state index contributed by atoms with van der Waals surface area (Å²) < 4.78 is 14.2. The van der Waals surface area contributed by atoms with E-state index < -0.39 is 0 Å². The summed E-state index contributed by atoms with van der Waals surface area (Å²) >= 11 is 1.73. The number of rotatable bonds is 7. The van der Waals surface area contributed by atoms with E-state index in [0.717, 1.165) is 36.1 Å². The van der Waals surface area contributed by atoms with Gasteiger partial charge in [-0.15, -0.1) is 0 Å². The number of aryl methyl sites for hydroxylation is 1. The highest BCUT2D eigenvalue weighted by molar-refractivity contribution is 7.22. The Kier molecular flexibility index (Phi) is 6.00. The van der Waals surface area contributed by atoms with Gasteiger partial charge >= 0.3 is 0 Å². The first-order valence-corrected chi connectivity index (χ1v) is 10.6. The fourth-order valence-electron chi connectivity index (χ4n) is 3.79. The molecule has 0 radical (unpaired) electrons. The summed E-state index contributed by atoms with van der Waals surface area (Å²) in [7, 11) is 0. The lowest BCUT2D eigenvalue weighted by Gasteiger charge is -2.32. The van der Waals surface area contributed by atoms with E-state index in [1.54, 1.807) is 23.5 Å². The Balaban J connectivity index is 1.15. The second kappa shape index (κ2) is 8.81. The lowest BCUT2D eigenvalue weighted by molar-refractivity contribution is 0.185. The molecule has 0 spiro atoms. The summed E-state index contributed by atoms with van der Waals surface area (Å²) in [4.78, 5) is 7.18. The number of nitrogens with zero attached hydrogens (tertiary/aromatic N) is 2. The van der Waals surface area contributed by atoms with Gasteiger partial charge in [0.05, 0.1) is 10.2 Å². The minimum absolute atomic E-state index is 0.147. The molecule has 4 rings (SSSR count). The molecule has 1 aliphatic heterocycles. The molecule has 0 bridgehead atoms. The van der Waals surface area contributed by atoms with Gasteiger partial charge in [0.25, 0.3) is 0 Å². The zero-order valence-electron chi connectivity index (χ0n) is 15.5. The SMILES string of the molecule is Fc1ccc(CCC2CCN(CCNc3nc4ccccc4s3)CC2)cc1. The molecule has 1 aliphatic rings. The number of hydrogen-bond donors (Lipinski definition) is 1. The summed E-state index contributed by atoms with van der Waals surface area (Å²) in [6.45, 7) is 4.37. The normalized spacial score (nSPS) is 16.0. The van der Waals surface area contributed by atoms with Crippen LogP contribution in [0.3, 0.4) is 0 Å². The van der Waals surface area contributed by atoms with Crippen molar-refractivity contribution >= 4 is 26.7 Å². The number of nitrogens with one attached hydrogen (secondary N) is 1. The topological polar surface area (TPSA) is 28.2 Å². The van der Waals surface area contributed by atoms with Gasteiger partial charge in [0.15, 0.2) is 5.13 Å².